The largest absolute Gasteiger partial charge is 0.400 e. The Bertz CT molecular complexity index is 773. The summed E-state index contributed by atoms with van der Waals surface area (Å²) in [4.78, 5) is -0.187. The topological polar surface area (TPSA) is 17.1 Å². The van der Waals surface area contributed by atoms with Crippen LogP contribution in [-0.2, 0) is 10.8 Å². The van der Waals surface area contributed by atoms with Crippen LogP contribution in [0.4, 0.5) is 22.0 Å². The first-order valence-electron chi connectivity index (χ1n) is 6.29. The lowest BCUT2D eigenvalue weighted by Gasteiger charge is -2.12. The van der Waals surface area contributed by atoms with E-state index in [-0.39, 0.29) is 26.6 Å². The highest BCUT2D eigenvalue weighted by molar-refractivity contribution is 7.85. The summed E-state index contributed by atoms with van der Waals surface area (Å²) < 4.78 is 77.0. The van der Waals surface area contributed by atoms with E-state index in [2.05, 4.69) is 0 Å². The Kier molecular flexibility index (Phi) is 5.10. The van der Waals surface area contributed by atoms with Gasteiger partial charge in [-0.1, -0.05) is 11.6 Å². The monoisotopic (exact) mass is 368 g/mol. The maximum Gasteiger partial charge on any atom is 0.400 e. The van der Waals surface area contributed by atoms with Crippen molar-refractivity contribution in [3.63, 3.8) is 0 Å². The number of halogens is 6. The minimum absolute atomic E-state index is 0.0969. The molecule has 0 amide bonds. The molecule has 124 valence electrons. The van der Waals surface area contributed by atoms with Crippen molar-refractivity contribution >= 4 is 22.4 Å². The molecular formula is C15H10ClF5OS. The lowest BCUT2D eigenvalue weighted by Crippen LogP contribution is -2.19. The first kappa shape index (κ1) is 17.9. The Labute approximate surface area is 136 Å². The van der Waals surface area contributed by atoms with Gasteiger partial charge in [-0.05, 0) is 42.8 Å². The summed E-state index contributed by atoms with van der Waals surface area (Å²) in [5.74, 6) is -3.20. The molecule has 0 heterocycles. The van der Waals surface area contributed by atoms with E-state index in [0.29, 0.717) is 0 Å². The van der Waals surface area contributed by atoms with E-state index >= 15 is 0 Å². The average molecular weight is 369 g/mol. The summed E-state index contributed by atoms with van der Waals surface area (Å²) in [6.45, 7) is 1.34. The van der Waals surface area contributed by atoms with Crippen LogP contribution in [0.3, 0.4) is 0 Å². The summed E-state index contributed by atoms with van der Waals surface area (Å²) in [6, 6.07) is 5.42. The first-order valence-corrected chi connectivity index (χ1v) is 7.99. The molecule has 0 aliphatic heterocycles. The normalized spacial score (nSPS) is 13.2. The van der Waals surface area contributed by atoms with Gasteiger partial charge in [0, 0.05) is 21.0 Å². The first-order chi connectivity index (χ1) is 10.6. The maximum atomic E-state index is 14.1. The molecule has 0 aromatic heterocycles. The molecular weight excluding hydrogens is 359 g/mol. The molecule has 2 aromatic carbocycles. The van der Waals surface area contributed by atoms with Crippen LogP contribution >= 0.6 is 11.6 Å². The van der Waals surface area contributed by atoms with E-state index in [1.165, 1.54) is 19.1 Å². The van der Waals surface area contributed by atoms with Crippen molar-refractivity contribution in [1.82, 2.24) is 0 Å². The fourth-order valence-electron chi connectivity index (χ4n) is 2.04. The molecule has 0 radical (unpaired) electrons. The highest BCUT2D eigenvalue weighted by atomic mass is 35.5. The van der Waals surface area contributed by atoms with Crippen molar-refractivity contribution in [3.8, 4) is 11.1 Å². The average Bonchev–Trinajstić information content (AvgIpc) is 2.37. The lowest BCUT2D eigenvalue weighted by atomic mass is 10.0. The molecule has 0 aliphatic rings. The van der Waals surface area contributed by atoms with Crippen molar-refractivity contribution in [2.24, 2.45) is 0 Å². The Hall–Kier alpha value is -1.47. The standard InChI is InChI=1S/C15H10ClF5OS/c1-8-4-12(17)11(10-3-2-9(16)5-13(10)18)6-14(8)23(22)7-15(19,20)21/h2-6H,7H2,1H3/t23-/m1/s1. The minimum atomic E-state index is -4.63. The summed E-state index contributed by atoms with van der Waals surface area (Å²) in [5.41, 5.74) is -0.337. The van der Waals surface area contributed by atoms with Crippen molar-refractivity contribution in [2.45, 2.75) is 18.0 Å². The van der Waals surface area contributed by atoms with Crippen LogP contribution in [0, 0.1) is 18.6 Å². The minimum Gasteiger partial charge on any atom is -0.254 e. The van der Waals surface area contributed by atoms with E-state index < -0.39 is 34.4 Å². The number of hydrogen-bond donors (Lipinski definition) is 0. The maximum absolute atomic E-state index is 14.1. The quantitative estimate of drug-likeness (QED) is 0.675. The van der Waals surface area contributed by atoms with Crippen LogP contribution in [0.15, 0.2) is 35.2 Å². The summed E-state index contributed by atoms with van der Waals surface area (Å²) in [5, 5.41) is 0.0969. The molecule has 0 N–H and O–H groups in total. The van der Waals surface area contributed by atoms with Gasteiger partial charge >= 0.3 is 6.18 Å². The number of hydrogen-bond acceptors (Lipinski definition) is 1. The molecule has 0 bridgehead atoms. The third kappa shape index (κ3) is 4.29. The Morgan fingerprint density at radius 2 is 1.65 bits per heavy atom. The van der Waals surface area contributed by atoms with Crippen molar-refractivity contribution in [2.75, 3.05) is 5.75 Å². The molecule has 0 unspecified atom stereocenters. The SMILES string of the molecule is Cc1cc(F)c(-c2ccc(Cl)cc2F)cc1[S@](=O)CC(F)(F)F. The molecule has 1 atom stereocenters. The van der Waals surface area contributed by atoms with Crippen molar-refractivity contribution < 1.29 is 26.2 Å². The van der Waals surface area contributed by atoms with Crippen LogP contribution in [0.25, 0.3) is 11.1 Å². The van der Waals surface area contributed by atoms with Crippen LogP contribution in [0.1, 0.15) is 5.56 Å². The van der Waals surface area contributed by atoms with Gasteiger partial charge in [0.1, 0.15) is 17.4 Å². The number of rotatable bonds is 3. The van der Waals surface area contributed by atoms with Gasteiger partial charge < -0.3 is 0 Å². The van der Waals surface area contributed by atoms with Gasteiger partial charge in [-0.2, -0.15) is 13.2 Å². The van der Waals surface area contributed by atoms with E-state index in [4.69, 9.17) is 11.6 Å². The lowest BCUT2D eigenvalue weighted by molar-refractivity contribution is -0.105. The second kappa shape index (κ2) is 6.57. The van der Waals surface area contributed by atoms with Crippen LogP contribution in [0.5, 0.6) is 0 Å². The Morgan fingerprint density at radius 3 is 2.22 bits per heavy atom. The second-order valence-corrected chi connectivity index (χ2v) is 6.68. The number of alkyl halides is 3. The van der Waals surface area contributed by atoms with Gasteiger partial charge in [-0.15, -0.1) is 0 Å². The molecule has 0 saturated carbocycles. The van der Waals surface area contributed by atoms with Gasteiger partial charge in [0.15, 0.2) is 0 Å². The molecule has 8 heteroatoms. The summed E-state index contributed by atoms with van der Waals surface area (Å²) in [6.07, 6.45) is -4.63. The van der Waals surface area contributed by atoms with E-state index in [0.717, 1.165) is 18.2 Å². The van der Waals surface area contributed by atoms with Gasteiger partial charge in [0.05, 0.1) is 10.8 Å². The van der Waals surface area contributed by atoms with Gasteiger partial charge in [-0.3, -0.25) is 4.21 Å². The van der Waals surface area contributed by atoms with Gasteiger partial charge in [-0.25, -0.2) is 8.78 Å². The van der Waals surface area contributed by atoms with E-state index in [1.54, 1.807) is 0 Å². The van der Waals surface area contributed by atoms with Gasteiger partial charge in [0.25, 0.3) is 0 Å². The van der Waals surface area contributed by atoms with E-state index in [1.807, 2.05) is 0 Å². The zero-order valence-corrected chi connectivity index (χ0v) is 13.3. The van der Waals surface area contributed by atoms with Crippen molar-refractivity contribution in [1.29, 1.82) is 0 Å². The van der Waals surface area contributed by atoms with Crippen LogP contribution in [0.2, 0.25) is 5.02 Å². The fourth-order valence-corrected chi connectivity index (χ4v) is 3.32. The molecule has 2 aromatic rings. The number of aryl methyl sites for hydroxylation is 1. The molecule has 23 heavy (non-hydrogen) atoms. The molecule has 2 rings (SSSR count). The molecule has 0 fully saturated rings. The molecule has 1 nitrogen and oxygen atoms in total. The zero-order chi connectivity index (χ0) is 17.4. The summed E-state index contributed by atoms with van der Waals surface area (Å²) >= 11 is 5.62. The van der Waals surface area contributed by atoms with Crippen molar-refractivity contribution in [3.05, 3.63) is 52.6 Å². The fraction of sp³-hybridized carbons (Fsp3) is 0.200. The third-order valence-electron chi connectivity index (χ3n) is 3.03. The van der Waals surface area contributed by atoms with Crippen LogP contribution in [-0.4, -0.2) is 16.1 Å². The number of benzene rings is 2. The predicted octanol–water partition coefficient (Wildman–Crippen LogP) is 5.26. The van der Waals surface area contributed by atoms with Crippen LogP contribution < -0.4 is 0 Å². The second-order valence-electron chi connectivity index (χ2n) is 4.83. The zero-order valence-electron chi connectivity index (χ0n) is 11.7. The Balaban J connectivity index is 2.54. The third-order valence-corrected chi connectivity index (χ3v) is 4.78. The highest BCUT2D eigenvalue weighted by Crippen LogP contribution is 2.32. The molecule has 0 saturated heterocycles. The van der Waals surface area contributed by atoms with E-state index in [9.17, 15) is 26.2 Å². The smallest absolute Gasteiger partial charge is 0.254 e. The summed E-state index contributed by atoms with van der Waals surface area (Å²) in [7, 11) is -2.41. The predicted molar refractivity (Wildman–Crippen MR) is 78.9 cm³/mol. The Morgan fingerprint density at radius 1 is 1.04 bits per heavy atom. The molecule has 0 spiro atoms. The molecule has 0 aliphatic carbocycles. The van der Waals surface area contributed by atoms with Gasteiger partial charge in [0.2, 0.25) is 0 Å². The highest BCUT2D eigenvalue weighted by Gasteiger charge is 2.32.